The van der Waals surface area contributed by atoms with Crippen LogP contribution in [0, 0.1) is 6.92 Å². The van der Waals surface area contributed by atoms with Crippen LogP contribution < -0.4 is 10.6 Å². The van der Waals surface area contributed by atoms with Gasteiger partial charge in [0, 0.05) is 29.7 Å². The third-order valence-corrected chi connectivity index (χ3v) is 5.01. The second-order valence-corrected chi connectivity index (χ2v) is 7.06. The Kier molecular flexibility index (Phi) is 4.33. The van der Waals surface area contributed by atoms with E-state index in [1.165, 1.54) is 4.80 Å². The summed E-state index contributed by atoms with van der Waals surface area (Å²) in [4.78, 5) is 18.2. The van der Waals surface area contributed by atoms with Gasteiger partial charge in [-0.15, -0.1) is 10.2 Å². The van der Waals surface area contributed by atoms with E-state index in [1.807, 2.05) is 31.3 Å². The minimum absolute atomic E-state index is 0.279. The number of hydrogen-bond acceptors (Lipinski definition) is 6. The molecule has 4 rings (SSSR count). The highest BCUT2D eigenvalue weighted by Crippen LogP contribution is 2.25. The smallest absolute Gasteiger partial charge is 0.319 e. The molecule has 0 unspecified atom stereocenters. The molecule has 0 aliphatic carbocycles. The van der Waals surface area contributed by atoms with E-state index >= 15 is 0 Å². The lowest BCUT2D eigenvalue weighted by molar-refractivity contribution is 0.251. The Morgan fingerprint density at radius 1 is 1.38 bits per heavy atom. The molecular formula is C16H18N8OS. The van der Waals surface area contributed by atoms with Crippen LogP contribution in [0.2, 0.25) is 0 Å². The molecule has 1 aliphatic heterocycles. The van der Waals surface area contributed by atoms with Crippen LogP contribution in [-0.4, -0.2) is 41.5 Å². The number of benzene rings is 1. The second-order valence-electron chi connectivity index (χ2n) is 6.00. The average Bonchev–Trinajstić information content (AvgIpc) is 3.31. The van der Waals surface area contributed by atoms with Crippen molar-refractivity contribution in [2.45, 2.75) is 25.2 Å². The summed E-state index contributed by atoms with van der Waals surface area (Å²) in [7, 11) is 1.71. The molecule has 26 heavy (non-hydrogen) atoms. The molecule has 0 radical (unpaired) electrons. The molecule has 0 saturated heterocycles. The topological polar surface area (TPSA) is 103 Å². The van der Waals surface area contributed by atoms with Crippen molar-refractivity contribution in [2.24, 2.45) is 7.05 Å². The standard InChI is InChI=1S/C16H18N8OS/c1-10-3-4-11(14-20-22-23(2)21-14)7-13(10)19-15(25)17-8-12-9-24-5-6-26-16(24)18-12/h3-4,7,9H,5-6,8H2,1-2H3,(H2,17,19,25). The second kappa shape index (κ2) is 6.79. The number of hydrogen-bond donors (Lipinski definition) is 2. The Morgan fingerprint density at radius 3 is 3.04 bits per heavy atom. The average molecular weight is 370 g/mol. The van der Waals surface area contributed by atoms with E-state index in [9.17, 15) is 4.79 Å². The van der Waals surface area contributed by atoms with Crippen molar-refractivity contribution in [3.8, 4) is 11.4 Å². The molecule has 0 fully saturated rings. The van der Waals surface area contributed by atoms with Crippen molar-refractivity contribution in [1.82, 2.24) is 35.1 Å². The minimum Gasteiger partial charge on any atom is -0.332 e. The fraction of sp³-hybridized carbons (Fsp3) is 0.312. The molecule has 2 amide bonds. The van der Waals surface area contributed by atoms with E-state index in [0.717, 1.165) is 34.3 Å². The van der Waals surface area contributed by atoms with Crippen molar-refractivity contribution < 1.29 is 4.79 Å². The van der Waals surface area contributed by atoms with Gasteiger partial charge >= 0.3 is 6.03 Å². The predicted octanol–water partition coefficient (Wildman–Crippen LogP) is 1.81. The van der Waals surface area contributed by atoms with Crippen molar-refractivity contribution in [3.05, 3.63) is 35.7 Å². The SMILES string of the molecule is Cc1ccc(-c2nnn(C)n2)cc1NC(=O)NCc1cn2c(n1)SCC2. The van der Waals surface area contributed by atoms with Gasteiger partial charge in [-0.25, -0.2) is 9.78 Å². The van der Waals surface area contributed by atoms with Crippen LogP contribution in [0.15, 0.2) is 29.6 Å². The Labute approximate surface area is 154 Å². The van der Waals surface area contributed by atoms with Gasteiger partial charge in [-0.2, -0.15) is 4.80 Å². The summed E-state index contributed by atoms with van der Waals surface area (Å²) >= 11 is 1.73. The number of aromatic nitrogens is 6. The van der Waals surface area contributed by atoms with Gasteiger partial charge < -0.3 is 15.2 Å². The minimum atomic E-state index is -0.279. The molecule has 1 aromatic carbocycles. The molecule has 2 N–H and O–H groups in total. The number of tetrazole rings is 1. The lowest BCUT2D eigenvalue weighted by Crippen LogP contribution is -2.28. The zero-order chi connectivity index (χ0) is 18.1. The van der Waals surface area contributed by atoms with E-state index in [1.54, 1.807) is 18.8 Å². The van der Waals surface area contributed by atoms with E-state index in [4.69, 9.17) is 0 Å². The number of rotatable bonds is 4. The predicted molar refractivity (Wildman–Crippen MR) is 97.8 cm³/mol. The Hall–Kier alpha value is -2.88. The zero-order valence-corrected chi connectivity index (χ0v) is 15.2. The van der Waals surface area contributed by atoms with Crippen molar-refractivity contribution >= 4 is 23.5 Å². The van der Waals surface area contributed by atoms with Crippen LogP contribution in [-0.2, 0) is 20.1 Å². The van der Waals surface area contributed by atoms with E-state index in [-0.39, 0.29) is 6.03 Å². The lowest BCUT2D eigenvalue weighted by atomic mass is 10.1. The first-order valence-electron chi connectivity index (χ1n) is 8.17. The summed E-state index contributed by atoms with van der Waals surface area (Å²) in [6.45, 7) is 3.29. The first-order chi connectivity index (χ1) is 12.6. The Morgan fingerprint density at radius 2 is 2.27 bits per heavy atom. The number of nitrogens with zero attached hydrogens (tertiary/aromatic N) is 6. The molecule has 0 saturated carbocycles. The van der Waals surface area contributed by atoms with Gasteiger partial charge in [0.25, 0.3) is 0 Å². The molecule has 0 spiro atoms. The van der Waals surface area contributed by atoms with Crippen molar-refractivity contribution in [2.75, 3.05) is 11.1 Å². The van der Waals surface area contributed by atoms with Crippen LogP contribution in [0.5, 0.6) is 0 Å². The van der Waals surface area contributed by atoms with E-state index < -0.39 is 0 Å². The maximum atomic E-state index is 12.3. The van der Waals surface area contributed by atoms with Crippen LogP contribution in [0.1, 0.15) is 11.3 Å². The van der Waals surface area contributed by atoms with Gasteiger partial charge in [-0.1, -0.05) is 23.9 Å². The molecule has 2 aromatic heterocycles. The highest BCUT2D eigenvalue weighted by Gasteiger charge is 2.15. The molecule has 10 heteroatoms. The van der Waals surface area contributed by atoms with Gasteiger partial charge in [-0.3, -0.25) is 0 Å². The third-order valence-electron chi connectivity index (χ3n) is 4.04. The number of amides is 2. The fourth-order valence-electron chi connectivity index (χ4n) is 2.68. The summed E-state index contributed by atoms with van der Waals surface area (Å²) in [6.07, 6.45) is 1.99. The van der Waals surface area contributed by atoms with Crippen LogP contribution in [0.3, 0.4) is 0 Å². The van der Waals surface area contributed by atoms with Gasteiger partial charge in [-0.05, 0) is 23.8 Å². The number of urea groups is 1. The maximum absolute atomic E-state index is 12.3. The van der Waals surface area contributed by atoms with Gasteiger partial charge in [0.1, 0.15) is 0 Å². The van der Waals surface area contributed by atoms with Crippen molar-refractivity contribution in [1.29, 1.82) is 0 Å². The fourth-order valence-corrected chi connectivity index (χ4v) is 3.64. The highest BCUT2D eigenvalue weighted by molar-refractivity contribution is 7.99. The molecule has 0 atom stereocenters. The summed E-state index contributed by atoms with van der Waals surface area (Å²) in [5.41, 5.74) is 3.30. The molecule has 3 heterocycles. The number of aryl methyl sites for hydroxylation is 3. The van der Waals surface area contributed by atoms with Crippen LogP contribution in [0.25, 0.3) is 11.4 Å². The highest BCUT2D eigenvalue weighted by atomic mass is 32.2. The van der Waals surface area contributed by atoms with Gasteiger partial charge in [0.15, 0.2) is 5.16 Å². The molecular weight excluding hydrogens is 352 g/mol. The summed E-state index contributed by atoms with van der Waals surface area (Å²) in [6, 6.07) is 5.38. The first-order valence-corrected chi connectivity index (χ1v) is 9.16. The summed E-state index contributed by atoms with van der Waals surface area (Å²) in [5, 5.41) is 18.8. The van der Waals surface area contributed by atoms with Crippen LogP contribution >= 0.6 is 11.8 Å². The largest absolute Gasteiger partial charge is 0.332 e. The quantitative estimate of drug-likeness (QED) is 0.726. The number of carbonyl (C=O) groups excluding carboxylic acids is 1. The monoisotopic (exact) mass is 370 g/mol. The number of nitrogens with one attached hydrogen (secondary N) is 2. The van der Waals surface area contributed by atoms with E-state index in [2.05, 4.69) is 35.6 Å². The number of carbonyl (C=O) groups is 1. The number of anilines is 1. The maximum Gasteiger partial charge on any atom is 0.319 e. The number of thioether (sulfide) groups is 1. The van der Waals surface area contributed by atoms with E-state index in [0.29, 0.717) is 18.1 Å². The normalized spacial score (nSPS) is 12.8. The van der Waals surface area contributed by atoms with Crippen LogP contribution in [0.4, 0.5) is 10.5 Å². The Balaban J connectivity index is 1.41. The number of fused-ring (bicyclic) bond motifs is 1. The molecule has 134 valence electrons. The van der Waals surface area contributed by atoms with Gasteiger partial charge in [0.2, 0.25) is 5.82 Å². The summed E-state index contributed by atoms with van der Waals surface area (Å²) in [5.74, 6) is 1.58. The van der Waals surface area contributed by atoms with Gasteiger partial charge in [0.05, 0.1) is 19.3 Å². The molecule has 9 nitrogen and oxygen atoms in total. The Bertz CT molecular complexity index is 942. The third kappa shape index (κ3) is 3.40. The first kappa shape index (κ1) is 16.6. The van der Waals surface area contributed by atoms with Crippen molar-refractivity contribution in [3.63, 3.8) is 0 Å². The molecule has 3 aromatic rings. The lowest BCUT2D eigenvalue weighted by Gasteiger charge is -2.10. The number of imidazole rings is 1. The summed E-state index contributed by atoms with van der Waals surface area (Å²) < 4.78 is 2.11. The molecule has 1 aliphatic rings. The zero-order valence-electron chi connectivity index (χ0n) is 14.4. The molecule has 0 bridgehead atoms.